The Kier molecular flexibility index (Phi) is 4.24. The second-order valence-electron chi connectivity index (χ2n) is 3.54. The number of carbonyl (C=O) groups is 2. The topological polar surface area (TPSA) is 124 Å². The minimum absolute atomic E-state index is 0. The Labute approximate surface area is 109 Å². The van der Waals surface area contributed by atoms with Gasteiger partial charge in [0.2, 0.25) is 0 Å². The van der Waals surface area contributed by atoms with E-state index >= 15 is 0 Å². The minimum Gasteiger partial charge on any atom is -0.452 e. The molecule has 0 aliphatic carbocycles. The number of imide groups is 1. The monoisotopic (exact) mass is 288 g/mol. The van der Waals surface area contributed by atoms with Crippen molar-refractivity contribution in [1.29, 1.82) is 0 Å². The van der Waals surface area contributed by atoms with Gasteiger partial charge in [0.25, 0.3) is 5.91 Å². The van der Waals surface area contributed by atoms with E-state index in [1.807, 2.05) is 0 Å². The molecule has 8 nitrogen and oxygen atoms in total. The molecule has 1 heterocycles. The fraction of sp³-hybridized carbons (Fsp3) is 0.200. The number of amides is 2. The van der Waals surface area contributed by atoms with E-state index in [9.17, 15) is 18.0 Å². The Morgan fingerprint density at radius 3 is 2.42 bits per heavy atom. The second kappa shape index (κ2) is 5.34. The standard InChI is InChI=1S/C10H10N2O5S.H2O/c1-17-10(14)12-9(13)8(11-18(12,15)16)7-5-3-2-4-6-7;/h2-6,8,11H,1H3;1H2. The van der Waals surface area contributed by atoms with Gasteiger partial charge in [-0.05, 0) is 5.56 Å². The van der Waals surface area contributed by atoms with Crippen molar-refractivity contribution in [1.82, 2.24) is 9.03 Å². The van der Waals surface area contributed by atoms with Crippen LogP contribution in [0.5, 0.6) is 0 Å². The number of benzene rings is 1. The minimum atomic E-state index is -4.19. The Bertz CT molecular complexity index is 585. The first-order valence-electron chi connectivity index (χ1n) is 4.96. The number of nitrogens with zero attached hydrogens (tertiary/aromatic N) is 1. The van der Waals surface area contributed by atoms with Gasteiger partial charge in [0.1, 0.15) is 6.04 Å². The third-order valence-electron chi connectivity index (χ3n) is 2.43. The zero-order chi connectivity index (χ0) is 13.3. The van der Waals surface area contributed by atoms with E-state index in [-0.39, 0.29) is 9.78 Å². The quantitative estimate of drug-likeness (QED) is 0.735. The number of ether oxygens (including phenoxy) is 1. The van der Waals surface area contributed by atoms with Crippen LogP contribution in [0.15, 0.2) is 30.3 Å². The first-order valence-corrected chi connectivity index (χ1v) is 6.40. The molecule has 1 aromatic rings. The zero-order valence-corrected chi connectivity index (χ0v) is 10.7. The van der Waals surface area contributed by atoms with Crippen molar-refractivity contribution in [2.75, 3.05) is 7.11 Å². The molecule has 1 saturated heterocycles. The van der Waals surface area contributed by atoms with Gasteiger partial charge in [0.15, 0.2) is 0 Å². The molecule has 0 spiro atoms. The number of hydrogen-bond donors (Lipinski definition) is 1. The van der Waals surface area contributed by atoms with E-state index in [0.29, 0.717) is 5.56 Å². The van der Waals surface area contributed by atoms with Crippen molar-refractivity contribution in [2.45, 2.75) is 6.04 Å². The van der Waals surface area contributed by atoms with Crippen LogP contribution in [0.1, 0.15) is 11.6 Å². The van der Waals surface area contributed by atoms with Gasteiger partial charge in [-0.1, -0.05) is 30.3 Å². The van der Waals surface area contributed by atoms with Gasteiger partial charge in [-0.3, -0.25) is 4.79 Å². The Morgan fingerprint density at radius 2 is 1.89 bits per heavy atom. The van der Waals surface area contributed by atoms with Gasteiger partial charge in [-0.2, -0.15) is 13.1 Å². The molecule has 19 heavy (non-hydrogen) atoms. The van der Waals surface area contributed by atoms with Crippen LogP contribution in [0, 0.1) is 0 Å². The second-order valence-corrected chi connectivity index (χ2v) is 5.09. The molecule has 3 N–H and O–H groups in total. The lowest BCUT2D eigenvalue weighted by atomic mass is 10.1. The number of carbonyl (C=O) groups excluding carboxylic acids is 2. The van der Waals surface area contributed by atoms with Gasteiger partial charge in [-0.15, -0.1) is 4.31 Å². The van der Waals surface area contributed by atoms with Crippen LogP contribution in [0.3, 0.4) is 0 Å². The number of rotatable bonds is 1. The molecule has 1 aliphatic heterocycles. The molecule has 0 saturated carbocycles. The lowest BCUT2D eigenvalue weighted by molar-refractivity contribution is -0.125. The van der Waals surface area contributed by atoms with Gasteiger partial charge in [0.05, 0.1) is 7.11 Å². The molecule has 1 aliphatic rings. The summed E-state index contributed by atoms with van der Waals surface area (Å²) in [6.45, 7) is 0. The van der Waals surface area contributed by atoms with Crippen molar-refractivity contribution in [3.8, 4) is 0 Å². The van der Waals surface area contributed by atoms with Crippen molar-refractivity contribution in [3.05, 3.63) is 35.9 Å². The Hall–Kier alpha value is -1.97. The van der Waals surface area contributed by atoms with Crippen LogP contribution in [-0.4, -0.2) is 37.3 Å². The summed E-state index contributed by atoms with van der Waals surface area (Å²) < 4.78 is 29.8. The van der Waals surface area contributed by atoms with Crippen LogP contribution in [0.4, 0.5) is 4.79 Å². The van der Waals surface area contributed by atoms with Crippen LogP contribution in [0.25, 0.3) is 0 Å². The fourth-order valence-electron chi connectivity index (χ4n) is 1.61. The summed E-state index contributed by atoms with van der Waals surface area (Å²) in [6.07, 6.45) is -1.23. The van der Waals surface area contributed by atoms with Crippen molar-refractivity contribution in [2.24, 2.45) is 0 Å². The maximum Gasteiger partial charge on any atom is 0.431 e. The van der Waals surface area contributed by atoms with E-state index in [4.69, 9.17) is 0 Å². The first-order chi connectivity index (χ1) is 8.47. The zero-order valence-electron chi connectivity index (χ0n) is 9.86. The van der Waals surface area contributed by atoms with Crippen LogP contribution in [-0.2, 0) is 19.7 Å². The SMILES string of the molecule is COC(=O)N1C(=O)C(c2ccccc2)NS1(=O)=O.O. The van der Waals surface area contributed by atoms with Crippen LogP contribution < -0.4 is 4.72 Å². The Morgan fingerprint density at radius 1 is 1.32 bits per heavy atom. The molecule has 0 aromatic heterocycles. The van der Waals surface area contributed by atoms with Gasteiger partial charge >= 0.3 is 16.3 Å². The molecule has 9 heteroatoms. The summed E-state index contributed by atoms with van der Waals surface area (Å²) in [6, 6.07) is 7.14. The molecule has 2 rings (SSSR count). The molecule has 104 valence electrons. The van der Waals surface area contributed by atoms with Gasteiger partial charge in [-0.25, -0.2) is 4.79 Å². The molecule has 0 bridgehead atoms. The van der Waals surface area contributed by atoms with Crippen LogP contribution >= 0.6 is 0 Å². The summed E-state index contributed by atoms with van der Waals surface area (Å²) in [5.41, 5.74) is 0.456. The molecule has 2 amide bonds. The average molecular weight is 288 g/mol. The first kappa shape index (κ1) is 15.1. The van der Waals surface area contributed by atoms with Crippen molar-refractivity contribution < 1.29 is 28.2 Å². The molecule has 1 atom stereocenters. The molecule has 1 unspecified atom stereocenters. The van der Waals surface area contributed by atoms with Crippen molar-refractivity contribution in [3.63, 3.8) is 0 Å². The summed E-state index contributed by atoms with van der Waals surface area (Å²) in [7, 11) is -3.18. The maximum absolute atomic E-state index is 11.9. The predicted octanol–water partition coefficient (Wildman–Crippen LogP) is -0.654. The third kappa shape index (κ3) is 2.57. The number of nitrogens with one attached hydrogen (secondary N) is 1. The van der Waals surface area contributed by atoms with Crippen molar-refractivity contribution >= 4 is 22.2 Å². The van der Waals surface area contributed by atoms with E-state index in [0.717, 1.165) is 7.11 Å². The van der Waals surface area contributed by atoms with E-state index in [1.54, 1.807) is 30.3 Å². The summed E-state index contributed by atoms with van der Waals surface area (Å²) in [5.74, 6) is -0.881. The largest absolute Gasteiger partial charge is 0.452 e. The van der Waals surface area contributed by atoms with Crippen LogP contribution in [0.2, 0.25) is 0 Å². The lowest BCUT2D eigenvalue weighted by Gasteiger charge is -2.09. The predicted molar refractivity (Wildman–Crippen MR) is 64.1 cm³/mol. The summed E-state index contributed by atoms with van der Waals surface area (Å²) in [5, 5.41) is 0. The average Bonchev–Trinajstić information content (AvgIpc) is 2.60. The Balaban J connectivity index is 0.00000180. The van der Waals surface area contributed by atoms with E-state index < -0.39 is 28.3 Å². The maximum atomic E-state index is 11.9. The molecular formula is C10H12N2O6S. The lowest BCUT2D eigenvalue weighted by Crippen LogP contribution is -2.37. The summed E-state index contributed by atoms with van der Waals surface area (Å²) in [4.78, 5) is 23.2. The van der Waals surface area contributed by atoms with E-state index in [1.165, 1.54) is 0 Å². The van der Waals surface area contributed by atoms with Gasteiger partial charge in [0, 0.05) is 0 Å². The fourth-order valence-corrected chi connectivity index (χ4v) is 2.87. The highest BCUT2D eigenvalue weighted by molar-refractivity contribution is 7.88. The highest BCUT2D eigenvalue weighted by atomic mass is 32.2. The molecular weight excluding hydrogens is 276 g/mol. The van der Waals surface area contributed by atoms with E-state index in [2.05, 4.69) is 9.46 Å². The number of hydrogen-bond acceptors (Lipinski definition) is 5. The summed E-state index contributed by atoms with van der Waals surface area (Å²) >= 11 is 0. The molecule has 1 fully saturated rings. The molecule has 1 aromatic carbocycles. The highest BCUT2D eigenvalue weighted by Gasteiger charge is 2.48. The normalized spacial score (nSPS) is 20.8. The third-order valence-corrected chi connectivity index (χ3v) is 3.77. The smallest absolute Gasteiger partial charge is 0.431 e. The molecule has 0 radical (unpaired) electrons. The highest BCUT2D eigenvalue weighted by Crippen LogP contribution is 2.25. The number of methoxy groups -OCH3 is 1. The van der Waals surface area contributed by atoms with Gasteiger partial charge < -0.3 is 10.2 Å².